The number of thioether (sulfide) groups is 1. The maximum Gasteiger partial charge on any atom is 0.501 e. The number of halogens is 4. The van der Waals surface area contributed by atoms with Crippen molar-refractivity contribution in [1.29, 1.82) is 0 Å². The van der Waals surface area contributed by atoms with Crippen molar-refractivity contribution in [2.24, 2.45) is 5.92 Å². The number of morpholine rings is 1. The van der Waals surface area contributed by atoms with E-state index in [2.05, 4.69) is 112 Å². The van der Waals surface area contributed by atoms with Crippen LogP contribution >= 0.6 is 23.4 Å². The van der Waals surface area contributed by atoms with E-state index in [9.17, 15) is 34.8 Å². The first kappa shape index (κ1) is 68.6. The number of piperidine rings is 1. The number of nitrogens with one attached hydrogen (secondary N) is 2. The Kier molecular flexibility index (Phi) is 21.8. The first-order chi connectivity index (χ1) is 42.6. The van der Waals surface area contributed by atoms with Crippen molar-refractivity contribution < 1.29 is 48.4 Å². The monoisotopic (exact) mass is 1340 g/mol. The second-order valence-electron chi connectivity index (χ2n) is 25.8. The van der Waals surface area contributed by atoms with Gasteiger partial charge in [-0.25, -0.2) is 21.6 Å². The second-order valence-corrected chi connectivity index (χ2v) is 40.0. The molecule has 2 N–H and O–H groups in total. The highest BCUT2D eigenvalue weighted by Gasteiger charge is 2.51. The number of carbonyl (C=O) groups excluding carboxylic acids is 1. The van der Waals surface area contributed by atoms with Gasteiger partial charge >= 0.3 is 5.51 Å². The van der Waals surface area contributed by atoms with Gasteiger partial charge in [-0.15, -0.1) is 11.8 Å². The van der Waals surface area contributed by atoms with Gasteiger partial charge in [-0.05, 0) is 142 Å². The van der Waals surface area contributed by atoms with Crippen LogP contribution < -0.4 is 25.3 Å². The molecule has 1 unspecified atom stereocenters. The van der Waals surface area contributed by atoms with Gasteiger partial charge < -0.3 is 23.8 Å². The molecular formula is C69H82ClF3N4O8S3Si2. The minimum atomic E-state index is -6.17. The number of sulfonamides is 1. The molecule has 9 rings (SSSR count). The number of rotatable bonds is 23. The van der Waals surface area contributed by atoms with Gasteiger partial charge in [-0.1, -0.05) is 168 Å². The molecule has 2 fully saturated rings. The molecule has 0 aliphatic carbocycles. The molecule has 0 bridgehead atoms. The molecule has 2 heterocycles. The lowest BCUT2D eigenvalue weighted by atomic mass is 9.84. The van der Waals surface area contributed by atoms with Crippen LogP contribution in [0.4, 0.5) is 24.5 Å². The Morgan fingerprint density at radius 2 is 1.32 bits per heavy atom. The van der Waals surface area contributed by atoms with Gasteiger partial charge in [0.1, 0.15) is 4.90 Å². The summed E-state index contributed by atoms with van der Waals surface area (Å²) in [5.41, 5.74) is -2.20. The molecule has 90 heavy (non-hydrogen) atoms. The molecule has 7 aromatic rings. The van der Waals surface area contributed by atoms with E-state index in [0.717, 1.165) is 62.6 Å². The first-order valence-corrected chi connectivity index (χ1v) is 39.6. The maximum absolute atomic E-state index is 14.7. The van der Waals surface area contributed by atoms with Crippen LogP contribution in [-0.2, 0) is 33.4 Å². The second kappa shape index (κ2) is 28.6. The number of ether oxygens (including phenoxy) is 1. The first-order valence-electron chi connectivity index (χ1n) is 30.5. The zero-order valence-corrected chi connectivity index (χ0v) is 57.5. The predicted molar refractivity (Wildman–Crippen MR) is 363 cm³/mol. The van der Waals surface area contributed by atoms with Gasteiger partial charge in [-0.3, -0.25) is 9.69 Å². The van der Waals surface area contributed by atoms with Gasteiger partial charge in [0.15, 0.2) is 8.32 Å². The summed E-state index contributed by atoms with van der Waals surface area (Å²) in [7, 11) is -16.3. The third-order valence-corrected chi connectivity index (χ3v) is 31.5. The number of benzene rings is 7. The Labute approximate surface area is 541 Å². The summed E-state index contributed by atoms with van der Waals surface area (Å²) < 4.78 is 122. The van der Waals surface area contributed by atoms with Gasteiger partial charge in [0.25, 0.3) is 34.1 Å². The summed E-state index contributed by atoms with van der Waals surface area (Å²) in [6, 6.07) is 54.3. The Hall–Kier alpha value is -5.79. The molecule has 0 radical (unpaired) electrons. The molecule has 0 aromatic heterocycles. The number of carbonyl (C=O) groups is 1. The number of amides is 1. The zero-order chi connectivity index (χ0) is 64.7. The molecule has 2 saturated heterocycles. The van der Waals surface area contributed by atoms with Crippen molar-refractivity contribution in [3.05, 3.63) is 198 Å². The van der Waals surface area contributed by atoms with Crippen LogP contribution in [0.15, 0.2) is 197 Å². The van der Waals surface area contributed by atoms with Crippen LogP contribution in [0.25, 0.3) is 11.1 Å². The normalized spacial score (nSPS) is 16.8. The minimum Gasteiger partial charge on any atom is -0.410 e. The molecule has 2 aliphatic heterocycles. The zero-order valence-electron chi connectivity index (χ0n) is 52.3. The molecular weight excluding hydrogens is 1260 g/mol. The fourth-order valence-corrected chi connectivity index (χ4v) is 20.8. The van der Waals surface area contributed by atoms with E-state index < -0.39 is 69.4 Å². The number of anilines is 2. The van der Waals surface area contributed by atoms with Crippen LogP contribution in [0.2, 0.25) is 28.2 Å². The third kappa shape index (κ3) is 16.0. The van der Waals surface area contributed by atoms with Crippen molar-refractivity contribution in [2.45, 2.75) is 122 Å². The van der Waals surface area contributed by atoms with Gasteiger partial charge in [-0.2, -0.15) is 13.2 Å². The Morgan fingerprint density at radius 3 is 1.91 bits per heavy atom. The Balaban J connectivity index is 0.909. The molecule has 480 valence electrons. The van der Waals surface area contributed by atoms with E-state index in [-0.39, 0.29) is 33.7 Å². The van der Waals surface area contributed by atoms with Crippen molar-refractivity contribution in [2.75, 3.05) is 62.0 Å². The van der Waals surface area contributed by atoms with E-state index in [1.165, 1.54) is 23.9 Å². The number of hydrogen-bond acceptors (Lipinski definition) is 12. The molecule has 12 nitrogen and oxygen atoms in total. The highest BCUT2D eigenvalue weighted by atomic mass is 35.5. The summed E-state index contributed by atoms with van der Waals surface area (Å²) in [6.07, 6.45) is 1.76. The van der Waals surface area contributed by atoms with Gasteiger partial charge in [0, 0.05) is 59.1 Å². The van der Waals surface area contributed by atoms with E-state index in [4.69, 9.17) is 25.2 Å². The van der Waals surface area contributed by atoms with Crippen molar-refractivity contribution in [1.82, 2.24) is 9.62 Å². The molecule has 7 aromatic carbocycles. The SMILES string of the molecule is CC(C)(C)[Si](C)(C)OC(c1ccccc1-c1ccc(Cl)cc1)C1CCN(c2ccc(C(=O)NS(=O)(=O)c3ccc(N[C@H](CCN4CCOC[C@H]4CO[Si](c4ccccc4)(c4ccccc4)C(C)(C)C)CSc4ccccc4)c(S(=O)(=O)C(F)(F)F)c3)cc2)CC1. The lowest BCUT2D eigenvalue weighted by Gasteiger charge is -2.45. The summed E-state index contributed by atoms with van der Waals surface area (Å²) in [4.78, 5) is 17.0. The summed E-state index contributed by atoms with van der Waals surface area (Å²) in [5.74, 6) is -0.577. The van der Waals surface area contributed by atoms with Crippen LogP contribution in [0.3, 0.4) is 0 Å². The Morgan fingerprint density at radius 1 is 0.733 bits per heavy atom. The molecule has 2 aliphatic rings. The van der Waals surface area contributed by atoms with Crippen LogP contribution in [0, 0.1) is 5.92 Å². The molecule has 1 amide bonds. The largest absolute Gasteiger partial charge is 0.501 e. The average molecular weight is 1340 g/mol. The molecule has 3 atom stereocenters. The summed E-state index contributed by atoms with van der Waals surface area (Å²) >= 11 is 7.74. The minimum absolute atomic E-state index is 0.0314. The number of alkyl halides is 3. The van der Waals surface area contributed by atoms with Crippen LogP contribution in [-0.4, -0.2) is 114 Å². The van der Waals surface area contributed by atoms with Crippen molar-refractivity contribution >= 4 is 87.5 Å². The lowest BCUT2D eigenvalue weighted by molar-refractivity contribution is -0.0436. The fraction of sp³-hybridized carbons (Fsp3) is 0.377. The highest BCUT2D eigenvalue weighted by molar-refractivity contribution is 7.99. The third-order valence-electron chi connectivity index (χ3n) is 17.8. The van der Waals surface area contributed by atoms with E-state index in [1.54, 1.807) is 12.1 Å². The van der Waals surface area contributed by atoms with Crippen LogP contribution in [0.5, 0.6) is 0 Å². The Bertz CT molecular complexity index is 3730. The van der Waals surface area contributed by atoms with E-state index >= 15 is 0 Å². The molecule has 0 spiro atoms. The van der Waals surface area contributed by atoms with Crippen LogP contribution in [0.1, 0.15) is 82.8 Å². The number of sulfone groups is 1. The topological polar surface area (TPSA) is 144 Å². The van der Waals surface area contributed by atoms with Crippen molar-refractivity contribution in [3.63, 3.8) is 0 Å². The fourth-order valence-electron chi connectivity index (χ4n) is 11.8. The maximum atomic E-state index is 14.7. The number of nitrogens with zero attached hydrogens (tertiary/aromatic N) is 2. The highest BCUT2D eigenvalue weighted by Crippen LogP contribution is 2.47. The quantitative estimate of drug-likeness (QED) is 0.0465. The van der Waals surface area contributed by atoms with E-state index in [1.807, 2.05) is 102 Å². The number of hydrogen-bond donors (Lipinski definition) is 2. The van der Waals surface area contributed by atoms with Gasteiger partial charge in [0.2, 0.25) is 0 Å². The van der Waals surface area contributed by atoms with Gasteiger partial charge in [0.05, 0.1) is 42.5 Å². The average Bonchev–Trinajstić information content (AvgIpc) is 0.769. The summed E-state index contributed by atoms with van der Waals surface area (Å²) in [6.45, 7) is 21.3. The standard InChI is InChI=1S/C69H82ClF3N4O8S3Si2/c1-67(2,3)89(7,8)85-65(62-27-19-18-26-61(62)50-28-32-53(70)33-29-50)51-38-41-76(42-39-51)55-34-30-52(31-35-55)66(78)75-88(81,82)58-36-37-63(64(46-58)87(79,80)69(71,72)73)74-54(49-86-57-20-12-9-13-21-57)40-43-77-44-45-83-47-56(77)48-84-90(68(4,5)6,59-22-14-10-15-23-59)60-24-16-11-17-25-60/h9-37,46,51,54,56,65,74H,38-45,47-49H2,1-8H3,(H,75,78)/t54-,56+,65?/m1/s1. The smallest absolute Gasteiger partial charge is 0.410 e. The lowest BCUT2D eigenvalue weighted by Crippen LogP contribution is -2.67. The summed E-state index contributed by atoms with van der Waals surface area (Å²) in [5, 5.41) is 5.69. The molecule has 0 saturated carbocycles. The predicted octanol–water partition coefficient (Wildman–Crippen LogP) is 14.6. The van der Waals surface area contributed by atoms with E-state index in [0.29, 0.717) is 69.3 Å². The molecule has 21 heteroatoms. The van der Waals surface area contributed by atoms with Crippen molar-refractivity contribution in [3.8, 4) is 11.1 Å².